The number of ether oxygens (including phenoxy) is 2. The number of rotatable bonds is 5. The highest BCUT2D eigenvalue weighted by atomic mass is 16.5. The Morgan fingerprint density at radius 3 is 2.44 bits per heavy atom. The monoisotopic (exact) mass is 362 g/mol. The van der Waals surface area contributed by atoms with E-state index in [0.717, 1.165) is 40.7 Å². The van der Waals surface area contributed by atoms with Crippen molar-refractivity contribution in [3.8, 4) is 11.5 Å². The second-order valence-corrected chi connectivity index (χ2v) is 6.68. The number of methoxy groups -OCH3 is 2. The van der Waals surface area contributed by atoms with E-state index in [0.29, 0.717) is 24.3 Å². The lowest BCUT2D eigenvalue weighted by molar-refractivity contribution is -0.117. The minimum atomic E-state index is 0.208. The Hall–Kier alpha value is -3.08. The summed E-state index contributed by atoms with van der Waals surface area (Å²) >= 11 is 0. The smallest absolute Gasteiger partial charge is 0.227 e. The van der Waals surface area contributed by atoms with Gasteiger partial charge in [0.1, 0.15) is 0 Å². The lowest BCUT2D eigenvalue weighted by Crippen LogP contribution is -2.23. The Morgan fingerprint density at radius 2 is 1.78 bits per heavy atom. The molecular formula is C22H22N2O3. The minimum Gasteiger partial charge on any atom is -0.493 e. The summed E-state index contributed by atoms with van der Waals surface area (Å²) in [4.78, 5) is 18.3. The highest BCUT2D eigenvalue weighted by Crippen LogP contribution is 2.33. The molecule has 5 nitrogen and oxygen atoms in total. The highest BCUT2D eigenvalue weighted by molar-refractivity contribution is 5.95. The van der Waals surface area contributed by atoms with Crippen LogP contribution in [0.25, 0.3) is 10.8 Å². The number of benzene rings is 2. The van der Waals surface area contributed by atoms with Crippen molar-refractivity contribution in [1.82, 2.24) is 4.98 Å². The van der Waals surface area contributed by atoms with Gasteiger partial charge >= 0.3 is 0 Å². The topological polar surface area (TPSA) is 51.7 Å². The molecule has 27 heavy (non-hydrogen) atoms. The van der Waals surface area contributed by atoms with E-state index in [4.69, 9.17) is 9.47 Å². The maximum Gasteiger partial charge on any atom is 0.227 e. The van der Waals surface area contributed by atoms with Gasteiger partial charge < -0.3 is 14.4 Å². The van der Waals surface area contributed by atoms with Crippen molar-refractivity contribution >= 4 is 22.4 Å². The molecule has 0 N–H and O–H groups in total. The van der Waals surface area contributed by atoms with Crippen molar-refractivity contribution in [2.75, 3.05) is 25.7 Å². The second kappa shape index (κ2) is 7.27. The van der Waals surface area contributed by atoms with Gasteiger partial charge in [0.05, 0.1) is 19.9 Å². The molecule has 4 rings (SSSR count). The van der Waals surface area contributed by atoms with Crippen LogP contribution in [0, 0.1) is 0 Å². The Kier molecular flexibility index (Phi) is 4.67. The predicted molar refractivity (Wildman–Crippen MR) is 106 cm³/mol. The zero-order chi connectivity index (χ0) is 18.8. The SMILES string of the molecule is COc1cc2ccnc(Cc3ccc(N4CCCC4=O)cc3)c2cc1OC. The quantitative estimate of drug-likeness (QED) is 0.689. The first kappa shape index (κ1) is 17.3. The molecule has 1 fully saturated rings. The summed E-state index contributed by atoms with van der Waals surface area (Å²) in [5.41, 5.74) is 3.11. The van der Waals surface area contributed by atoms with E-state index in [9.17, 15) is 4.79 Å². The number of fused-ring (bicyclic) bond motifs is 1. The van der Waals surface area contributed by atoms with Crippen molar-refractivity contribution < 1.29 is 14.3 Å². The molecule has 1 aliphatic heterocycles. The molecule has 1 aromatic heterocycles. The van der Waals surface area contributed by atoms with Crippen molar-refractivity contribution in [3.05, 3.63) is 59.9 Å². The fraction of sp³-hybridized carbons (Fsp3) is 0.273. The Balaban J connectivity index is 1.64. The van der Waals surface area contributed by atoms with Gasteiger partial charge in [-0.05, 0) is 47.7 Å². The number of hydrogen-bond donors (Lipinski definition) is 0. The van der Waals surface area contributed by atoms with Gasteiger partial charge in [0.25, 0.3) is 0 Å². The number of hydrogen-bond acceptors (Lipinski definition) is 4. The molecule has 0 atom stereocenters. The fourth-order valence-corrected chi connectivity index (χ4v) is 3.61. The van der Waals surface area contributed by atoms with Crippen LogP contribution in [-0.2, 0) is 11.2 Å². The predicted octanol–water partition coefficient (Wildman–Crippen LogP) is 3.97. The van der Waals surface area contributed by atoms with E-state index in [1.165, 1.54) is 0 Å². The van der Waals surface area contributed by atoms with E-state index < -0.39 is 0 Å². The number of aromatic nitrogens is 1. The third kappa shape index (κ3) is 3.33. The van der Waals surface area contributed by atoms with E-state index in [1.807, 2.05) is 41.4 Å². The molecule has 0 unspecified atom stereocenters. The molecule has 3 aromatic rings. The molecule has 1 saturated heterocycles. The standard InChI is InChI=1S/C22H22N2O3/c1-26-20-13-16-9-10-23-19(18(16)14-21(20)27-2)12-15-5-7-17(8-6-15)24-11-3-4-22(24)25/h5-10,13-14H,3-4,11-12H2,1-2H3. The summed E-state index contributed by atoms with van der Waals surface area (Å²) in [5, 5.41) is 2.12. The molecule has 5 heteroatoms. The molecule has 2 aromatic carbocycles. The normalized spacial score (nSPS) is 14.0. The number of pyridine rings is 1. The zero-order valence-corrected chi connectivity index (χ0v) is 15.6. The van der Waals surface area contributed by atoms with E-state index in [-0.39, 0.29) is 5.91 Å². The van der Waals surface area contributed by atoms with Gasteiger partial charge in [-0.15, -0.1) is 0 Å². The highest BCUT2D eigenvalue weighted by Gasteiger charge is 2.21. The van der Waals surface area contributed by atoms with E-state index >= 15 is 0 Å². The number of anilines is 1. The van der Waals surface area contributed by atoms with Crippen molar-refractivity contribution in [1.29, 1.82) is 0 Å². The first-order valence-corrected chi connectivity index (χ1v) is 9.08. The van der Waals surface area contributed by atoms with Crippen LogP contribution in [0.1, 0.15) is 24.1 Å². The molecule has 0 bridgehead atoms. The van der Waals surface area contributed by atoms with Gasteiger partial charge in [0.2, 0.25) is 5.91 Å². The summed E-state index contributed by atoms with van der Waals surface area (Å²) in [6.07, 6.45) is 4.11. The largest absolute Gasteiger partial charge is 0.493 e. The Bertz CT molecular complexity index is 983. The first-order chi connectivity index (χ1) is 13.2. The van der Waals surface area contributed by atoms with Crippen molar-refractivity contribution in [3.63, 3.8) is 0 Å². The summed E-state index contributed by atoms with van der Waals surface area (Å²) < 4.78 is 10.8. The van der Waals surface area contributed by atoms with Crippen LogP contribution in [0.3, 0.4) is 0 Å². The molecule has 0 spiro atoms. The Morgan fingerprint density at radius 1 is 1.04 bits per heavy atom. The van der Waals surface area contributed by atoms with Crippen molar-refractivity contribution in [2.45, 2.75) is 19.3 Å². The van der Waals surface area contributed by atoms with Gasteiger partial charge in [0, 0.05) is 36.7 Å². The van der Waals surface area contributed by atoms with Gasteiger partial charge in [-0.3, -0.25) is 9.78 Å². The molecule has 1 aliphatic rings. The molecule has 1 amide bonds. The first-order valence-electron chi connectivity index (χ1n) is 9.08. The number of nitrogens with zero attached hydrogens (tertiary/aromatic N) is 2. The van der Waals surface area contributed by atoms with Gasteiger partial charge in [-0.25, -0.2) is 0 Å². The Labute approximate surface area is 158 Å². The molecular weight excluding hydrogens is 340 g/mol. The van der Waals surface area contributed by atoms with E-state index in [1.54, 1.807) is 14.2 Å². The van der Waals surface area contributed by atoms with Gasteiger partial charge in [-0.1, -0.05) is 12.1 Å². The van der Waals surface area contributed by atoms with Gasteiger partial charge in [0.15, 0.2) is 11.5 Å². The maximum atomic E-state index is 11.9. The summed E-state index contributed by atoms with van der Waals surface area (Å²) in [7, 11) is 3.27. The van der Waals surface area contributed by atoms with Crippen LogP contribution in [0.4, 0.5) is 5.69 Å². The number of carbonyl (C=O) groups is 1. The molecule has 0 aliphatic carbocycles. The second-order valence-electron chi connectivity index (χ2n) is 6.68. The van der Waals surface area contributed by atoms with Crippen LogP contribution in [0.5, 0.6) is 11.5 Å². The molecule has 0 radical (unpaired) electrons. The minimum absolute atomic E-state index is 0.208. The van der Waals surface area contributed by atoms with Crippen LogP contribution >= 0.6 is 0 Å². The fourth-order valence-electron chi connectivity index (χ4n) is 3.61. The zero-order valence-electron chi connectivity index (χ0n) is 15.6. The number of amides is 1. The van der Waals surface area contributed by atoms with Crippen molar-refractivity contribution in [2.24, 2.45) is 0 Å². The van der Waals surface area contributed by atoms with Crippen LogP contribution in [-0.4, -0.2) is 31.7 Å². The average molecular weight is 362 g/mol. The lowest BCUT2D eigenvalue weighted by atomic mass is 10.0. The maximum absolute atomic E-state index is 11.9. The third-order valence-electron chi connectivity index (χ3n) is 5.04. The van der Waals surface area contributed by atoms with Gasteiger partial charge in [-0.2, -0.15) is 0 Å². The van der Waals surface area contributed by atoms with Crippen LogP contribution in [0.2, 0.25) is 0 Å². The molecule has 2 heterocycles. The van der Waals surface area contributed by atoms with E-state index in [2.05, 4.69) is 17.1 Å². The lowest BCUT2D eigenvalue weighted by Gasteiger charge is -2.16. The van der Waals surface area contributed by atoms with Crippen LogP contribution < -0.4 is 14.4 Å². The molecule has 138 valence electrons. The summed E-state index contributed by atoms with van der Waals surface area (Å²) in [6.45, 7) is 0.810. The third-order valence-corrected chi connectivity index (χ3v) is 5.04. The molecule has 0 saturated carbocycles. The number of carbonyl (C=O) groups excluding carboxylic acids is 1. The van der Waals surface area contributed by atoms with Crippen LogP contribution in [0.15, 0.2) is 48.7 Å². The summed E-state index contributed by atoms with van der Waals surface area (Å²) in [5.74, 6) is 1.61. The average Bonchev–Trinajstić information content (AvgIpc) is 3.13. The summed E-state index contributed by atoms with van der Waals surface area (Å²) in [6, 6.07) is 14.1.